The van der Waals surface area contributed by atoms with E-state index < -0.39 is 17.0 Å². The van der Waals surface area contributed by atoms with Crippen molar-refractivity contribution in [3.63, 3.8) is 0 Å². The minimum Gasteiger partial charge on any atom is -0.484 e. The molecule has 4 nitrogen and oxygen atoms in total. The van der Waals surface area contributed by atoms with E-state index in [1.54, 1.807) is 27.7 Å². The number of rotatable bonds is 6. The van der Waals surface area contributed by atoms with E-state index in [2.05, 4.69) is 0 Å². The molecule has 0 N–H and O–H groups in total. The van der Waals surface area contributed by atoms with Crippen molar-refractivity contribution in [3.8, 4) is 5.75 Å². The molecule has 22 heavy (non-hydrogen) atoms. The van der Waals surface area contributed by atoms with E-state index in [1.165, 1.54) is 12.1 Å². The molecule has 0 fully saturated rings. The zero-order chi connectivity index (χ0) is 17.1. The molecule has 0 bridgehead atoms. The minimum atomic E-state index is -0.688. The van der Waals surface area contributed by atoms with Crippen molar-refractivity contribution in [1.29, 1.82) is 0 Å². The van der Waals surface area contributed by atoms with E-state index in [-0.39, 0.29) is 40.2 Å². The Morgan fingerprint density at radius 1 is 1.09 bits per heavy atom. The Balaban J connectivity index is 2.98. The van der Waals surface area contributed by atoms with Crippen LogP contribution >= 0.6 is 23.2 Å². The van der Waals surface area contributed by atoms with Crippen molar-refractivity contribution in [1.82, 2.24) is 0 Å². The normalized spacial score (nSPS) is 11.2. The largest absolute Gasteiger partial charge is 0.484 e. The van der Waals surface area contributed by atoms with Crippen LogP contribution in [-0.2, 0) is 9.59 Å². The Morgan fingerprint density at radius 2 is 1.68 bits per heavy atom. The molecular weight excluding hydrogens is 327 g/mol. The smallest absolute Gasteiger partial charge is 0.230 e. The van der Waals surface area contributed by atoms with Crippen molar-refractivity contribution in [2.45, 2.75) is 34.1 Å². The van der Waals surface area contributed by atoms with Gasteiger partial charge in [0, 0.05) is 17.4 Å². The topological polar surface area (TPSA) is 60.4 Å². The fraction of sp³-hybridized carbons (Fsp3) is 0.438. The highest BCUT2D eigenvalue weighted by molar-refractivity contribution is 6.50. The van der Waals surface area contributed by atoms with Crippen molar-refractivity contribution in [2.24, 2.45) is 5.41 Å². The van der Waals surface area contributed by atoms with Crippen LogP contribution < -0.4 is 4.74 Å². The standard InChI is InChI=1S/C16H18Cl2O4/c1-5-10(19)15(21)9-6-7-11(14(18)13(9)17)22-8-12(20)16(2,3)4/h6-7H,5,8H2,1-4H3. The van der Waals surface area contributed by atoms with Crippen LogP contribution in [0.15, 0.2) is 12.1 Å². The summed E-state index contributed by atoms with van der Waals surface area (Å²) in [4.78, 5) is 35.2. The molecule has 0 radical (unpaired) electrons. The Bertz CT molecular complexity index is 615. The SMILES string of the molecule is CCC(=O)C(=O)c1ccc(OCC(=O)C(C)(C)C)c(Cl)c1Cl. The number of hydrogen-bond donors (Lipinski definition) is 0. The fourth-order valence-electron chi connectivity index (χ4n) is 1.49. The molecule has 0 saturated carbocycles. The van der Waals surface area contributed by atoms with Gasteiger partial charge < -0.3 is 4.74 Å². The van der Waals surface area contributed by atoms with Crippen LogP contribution in [0.5, 0.6) is 5.75 Å². The van der Waals surface area contributed by atoms with Crippen LogP contribution in [0, 0.1) is 5.41 Å². The van der Waals surface area contributed by atoms with Crippen molar-refractivity contribution >= 4 is 40.6 Å². The molecule has 0 aliphatic heterocycles. The van der Waals surface area contributed by atoms with E-state index >= 15 is 0 Å². The van der Waals surface area contributed by atoms with E-state index in [1.807, 2.05) is 0 Å². The lowest BCUT2D eigenvalue weighted by atomic mass is 9.91. The average molecular weight is 345 g/mol. The quantitative estimate of drug-likeness (QED) is 0.574. The van der Waals surface area contributed by atoms with Crippen LogP contribution in [0.1, 0.15) is 44.5 Å². The van der Waals surface area contributed by atoms with Gasteiger partial charge in [0.15, 0.2) is 5.78 Å². The molecule has 1 aromatic rings. The van der Waals surface area contributed by atoms with Crippen molar-refractivity contribution < 1.29 is 19.1 Å². The molecule has 120 valence electrons. The van der Waals surface area contributed by atoms with Crippen LogP contribution in [0.4, 0.5) is 0 Å². The summed E-state index contributed by atoms with van der Waals surface area (Å²) in [5.74, 6) is -1.13. The summed E-state index contributed by atoms with van der Waals surface area (Å²) in [5.41, 5.74) is -0.493. The zero-order valence-electron chi connectivity index (χ0n) is 13.0. The molecule has 0 amide bonds. The average Bonchev–Trinajstić information content (AvgIpc) is 2.45. The highest BCUT2D eigenvalue weighted by Crippen LogP contribution is 2.35. The van der Waals surface area contributed by atoms with Gasteiger partial charge in [0.2, 0.25) is 11.6 Å². The molecule has 0 spiro atoms. The van der Waals surface area contributed by atoms with Gasteiger partial charge in [-0.15, -0.1) is 0 Å². The predicted molar refractivity (Wildman–Crippen MR) is 86.0 cm³/mol. The highest BCUT2D eigenvalue weighted by Gasteiger charge is 2.24. The maximum atomic E-state index is 11.9. The van der Waals surface area contributed by atoms with E-state index in [4.69, 9.17) is 27.9 Å². The van der Waals surface area contributed by atoms with Gasteiger partial charge >= 0.3 is 0 Å². The molecule has 0 aliphatic rings. The molecule has 0 atom stereocenters. The lowest BCUT2D eigenvalue weighted by molar-refractivity contribution is -0.128. The Kier molecular flexibility index (Phi) is 6.15. The molecule has 0 aromatic heterocycles. The van der Waals surface area contributed by atoms with E-state index in [0.29, 0.717) is 0 Å². The maximum Gasteiger partial charge on any atom is 0.230 e. The van der Waals surface area contributed by atoms with Gasteiger partial charge in [-0.05, 0) is 12.1 Å². The van der Waals surface area contributed by atoms with Crippen LogP contribution in [-0.4, -0.2) is 24.0 Å². The third-order valence-corrected chi connectivity index (χ3v) is 3.93. The zero-order valence-corrected chi connectivity index (χ0v) is 14.5. The van der Waals surface area contributed by atoms with Gasteiger partial charge in [-0.3, -0.25) is 14.4 Å². The maximum absolute atomic E-state index is 11.9. The summed E-state index contributed by atoms with van der Waals surface area (Å²) >= 11 is 12.1. The van der Waals surface area contributed by atoms with Crippen molar-refractivity contribution in [2.75, 3.05) is 6.61 Å². The van der Waals surface area contributed by atoms with Gasteiger partial charge in [0.05, 0.1) is 5.02 Å². The summed E-state index contributed by atoms with van der Waals surface area (Å²) in [7, 11) is 0. The summed E-state index contributed by atoms with van der Waals surface area (Å²) in [6.45, 7) is 6.79. The van der Waals surface area contributed by atoms with Crippen LogP contribution in [0.3, 0.4) is 0 Å². The number of hydrogen-bond acceptors (Lipinski definition) is 4. The highest BCUT2D eigenvalue weighted by atomic mass is 35.5. The van der Waals surface area contributed by atoms with Crippen molar-refractivity contribution in [3.05, 3.63) is 27.7 Å². The first-order chi connectivity index (χ1) is 10.1. The number of carbonyl (C=O) groups is 3. The first-order valence-corrected chi connectivity index (χ1v) is 7.56. The van der Waals surface area contributed by atoms with Crippen LogP contribution in [0.2, 0.25) is 10.0 Å². The summed E-state index contributed by atoms with van der Waals surface area (Å²) in [6, 6.07) is 2.81. The monoisotopic (exact) mass is 344 g/mol. The summed E-state index contributed by atoms with van der Waals surface area (Å²) in [5, 5.41) is -0.0349. The summed E-state index contributed by atoms with van der Waals surface area (Å²) < 4.78 is 5.37. The molecule has 0 aliphatic carbocycles. The third-order valence-electron chi connectivity index (χ3n) is 3.06. The van der Waals surface area contributed by atoms with Gasteiger partial charge in [-0.2, -0.15) is 0 Å². The second-order valence-corrected chi connectivity index (χ2v) is 6.56. The molecule has 1 aromatic carbocycles. The van der Waals surface area contributed by atoms with E-state index in [9.17, 15) is 14.4 Å². The number of ketones is 3. The van der Waals surface area contributed by atoms with Gasteiger partial charge in [-0.25, -0.2) is 0 Å². The Labute approximate surface area is 139 Å². The molecule has 6 heteroatoms. The number of halogens is 2. The number of ether oxygens (including phenoxy) is 1. The first kappa shape index (κ1) is 18.7. The number of benzene rings is 1. The second kappa shape index (κ2) is 7.25. The Hall–Kier alpha value is -1.39. The first-order valence-electron chi connectivity index (χ1n) is 6.81. The molecule has 0 heterocycles. The molecular formula is C16H18Cl2O4. The van der Waals surface area contributed by atoms with E-state index in [0.717, 1.165) is 0 Å². The van der Waals surface area contributed by atoms with Gasteiger partial charge in [0.25, 0.3) is 0 Å². The number of Topliss-reactive ketones (excluding diaryl/α,β-unsaturated/α-hetero) is 3. The lowest BCUT2D eigenvalue weighted by Crippen LogP contribution is -2.26. The second-order valence-electron chi connectivity index (χ2n) is 5.81. The minimum absolute atomic E-state index is 0.0122. The molecule has 0 unspecified atom stereocenters. The Morgan fingerprint density at radius 3 is 2.18 bits per heavy atom. The predicted octanol–water partition coefficient (Wildman–Crippen LogP) is 4.15. The summed E-state index contributed by atoms with van der Waals surface area (Å²) in [6.07, 6.45) is 0.0884. The van der Waals surface area contributed by atoms with Gasteiger partial charge in [0.1, 0.15) is 17.4 Å². The third kappa shape index (κ3) is 4.31. The molecule has 1 rings (SSSR count). The number of carbonyl (C=O) groups excluding carboxylic acids is 3. The lowest BCUT2D eigenvalue weighted by Gasteiger charge is -2.17. The molecule has 0 saturated heterocycles. The van der Waals surface area contributed by atoms with Gasteiger partial charge in [-0.1, -0.05) is 50.9 Å². The van der Waals surface area contributed by atoms with Crippen LogP contribution in [0.25, 0.3) is 0 Å². The fourth-order valence-corrected chi connectivity index (χ4v) is 1.95.